The molecule has 1 nitrogen and oxygen atoms in total. The maximum absolute atomic E-state index is 6.19. The Morgan fingerprint density at radius 1 is 1.38 bits per heavy atom. The van der Waals surface area contributed by atoms with E-state index in [4.69, 9.17) is 23.2 Å². The number of nitrogens with one attached hydrogen (secondary N) is 1. The first-order valence-corrected chi connectivity index (χ1v) is 6.58. The van der Waals surface area contributed by atoms with Gasteiger partial charge in [-0.3, -0.25) is 0 Å². The van der Waals surface area contributed by atoms with Crippen molar-refractivity contribution in [2.24, 2.45) is 5.92 Å². The van der Waals surface area contributed by atoms with E-state index in [0.717, 1.165) is 24.4 Å². The third-order valence-electron chi connectivity index (χ3n) is 3.25. The summed E-state index contributed by atoms with van der Waals surface area (Å²) < 4.78 is 0. The van der Waals surface area contributed by atoms with Gasteiger partial charge in [-0.2, -0.15) is 0 Å². The van der Waals surface area contributed by atoms with E-state index in [1.165, 1.54) is 12.8 Å². The molecule has 16 heavy (non-hydrogen) atoms. The molecule has 0 saturated carbocycles. The Balaban J connectivity index is 2.05. The zero-order valence-corrected chi connectivity index (χ0v) is 11.0. The molecule has 0 spiro atoms. The predicted molar refractivity (Wildman–Crippen MR) is 70.4 cm³/mol. The molecule has 3 heteroatoms. The van der Waals surface area contributed by atoms with Crippen molar-refractivity contribution in [1.82, 2.24) is 5.32 Å². The van der Waals surface area contributed by atoms with Crippen molar-refractivity contribution in [3.05, 3.63) is 33.8 Å². The van der Waals surface area contributed by atoms with Crippen molar-refractivity contribution in [2.75, 3.05) is 6.54 Å². The number of hydrogen-bond acceptors (Lipinski definition) is 1. The highest BCUT2D eigenvalue weighted by Gasteiger charge is 2.19. The molecule has 1 aromatic rings. The van der Waals surface area contributed by atoms with Crippen molar-refractivity contribution in [2.45, 2.75) is 32.2 Å². The van der Waals surface area contributed by atoms with Gasteiger partial charge in [0.05, 0.1) is 10.0 Å². The van der Waals surface area contributed by atoms with Gasteiger partial charge in [-0.1, -0.05) is 42.3 Å². The molecule has 1 N–H and O–H groups in total. The van der Waals surface area contributed by atoms with Gasteiger partial charge in [-0.15, -0.1) is 0 Å². The monoisotopic (exact) mass is 257 g/mol. The molecule has 1 heterocycles. The minimum absolute atomic E-state index is 0.541. The first-order valence-electron chi connectivity index (χ1n) is 5.83. The first kappa shape index (κ1) is 12.2. The number of halogens is 2. The van der Waals surface area contributed by atoms with E-state index in [-0.39, 0.29) is 0 Å². The van der Waals surface area contributed by atoms with Crippen LogP contribution >= 0.6 is 23.2 Å². The molecule has 2 atom stereocenters. The van der Waals surface area contributed by atoms with Crippen LogP contribution in [-0.4, -0.2) is 12.6 Å². The highest BCUT2D eigenvalue weighted by atomic mass is 35.5. The van der Waals surface area contributed by atoms with E-state index in [2.05, 4.69) is 18.3 Å². The largest absolute Gasteiger partial charge is 0.314 e. The molecular formula is C13H17Cl2N. The second-order valence-electron chi connectivity index (χ2n) is 4.70. The molecule has 1 aliphatic heterocycles. The summed E-state index contributed by atoms with van der Waals surface area (Å²) in [6.45, 7) is 3.43. The van der Waals surface area contributed by atoms with Crippen molar-refractivity contribution in [1.29, 1.82) is 0 Å². The summed E-state index contributed by atoms with van der Waals surface area (Å²) in [6.07, 6.45) is 3.48. The maximum atomic E-state index is 6.19. The SMILES string of the molecule is CC1CCNC(Cc2cccc(Cl)c2Cl)C1. The third kappa shape index (κ3) is 2.91. The Kier molecular flexibility index (Phi) is 4.12. The average Bonchev–Trinajstić information content (AvgIpc) is 2.25. The van der Waals surface area contributed by atoms with Crippen molar-refractivity contribution >= 4 is 23.2 Å². The van der Waals surface area contributed by atoms with Crippen molar-refractivity contribution in [3.63, 3.8) is 0 Å². The lowest BCUT2D eigenvalue weighted by Crippen LogP contribution is -2.38. The van der Waals surface area contributed by atoms with Crippen LogP contribution in [0.15, 0.2) is 18.2 Å². The number of hydrogen-bond donors (Lipinski definition) is 1. The van der Waals surface area contributed by atoms with Crippen LogP contribution in [0.1, 0.15) is 25.3 Å². The normalized spacial score (nSPS) is 25.7. The zero-order valence-electron chi connectivity index (χ0n) is 9.47. The zero-order chi connectivity index (χ0) is 11.5. The van der Waals surface area contributed by atoms with E-state index in [1.807, 2.05) is 12.1 Å². The molecule has 1 saturated heterocycles. The van der Waals surface area contributed by atoms with E-state index < -0.39 is 0 Å². The molecule has 1 fully saturated rings. The van der Waals surface area contributed by atoms with Gasteiger partial charge < -0.3 is 5.32 Å². The van der Waals surface area contributed by atoms with E-state index >= 15 is 0 Å². The Labute approximate surface area is 107 Å². The van der Waals surface area contributed by atoms with Crippen molar-refractivity contribution < 1.29 is 0 Å². The molecule has 2 unspecified atom stereocenters. The number of piperidine rings is 1. The lowest BCUT2D eigenvalue weighted by atomic mass is 9.90. The van der Waals surface area contributed by atoms with Crippen LogP contribution in [0.2, 0.25) is 10.0 Å². The summed E-state index contributed by atoms with van der Waals surface area (Å²) in [6, 6.07) is 6.41. The second kappa shape index (κ2) is 5.39. The van der Waals surface area contributed by atoms with Crippen LogP contribution in [0, 0.1) is 5.92 Å². The fourth-order valence-corrected chi connectivity index (χ4v) is 2.75. The summed E-state index contributed by atoms with van der Waals surface area (Å²) in [7, 11) is 0. The van der Waals surface area contributed by atoms with Crippen LogP contribution in [0.25, 0.3) is 0 Å². The average molecular weight is 258 g/mol. The van der Waals surface area contributed by atoms with Crippen LogP contribution < -0.4 is 5.32 Å². The molecule has 88 valence electrons. The Morgan fingerprint density at radius 3 is 2.94 bits per heavy atom. The maximum Gasteiger partial charge on any atom is 0.0624 e. The van der Waals surface area contributed by atoms with Gasteiger partial charge in [0, 0.05) is 6.04 Å². The Morgan fingerprint density at radius 2 is 2.19 bits per heavy atom. The summed E-state index contributed by atoms with van der Waals surface area (Å²) in [5.41, 5.74) is 1.15. The topological polar surface area (TPSA) is 12.0 Å². The first-order chi connectivity index (χ1) is 7.66. The predicted octanol–water partition coefficient (Wildman–Crippen LogP) is 3.92. The van der Waals surface area contributed by atoms with Gasteiger partial charge in [0.25, 0.3) is 0 Å². The molecule has 0 aromatic heterocycles. The highest BCUT2D eigenvalue weighted by Crippen LogP contribution is 2.28. The van der Waals surface area contributed by atoms with Gasteiger partial charge in [-0.25, -0.2) is 0 Å². The van der Waals surface area contributed by atoms with Crippen LogP contribution in [0.3, 0.4) is 0 Å². The van der Waals surface area contributed by atoms with E-state index in [9.17, 15) is 0 Å². The number of benzene rings is 1. The lowest BCUT2D eigenvalue weighted by Gasteiger charge is -2.28. The van der Waals surface area contributed by atoms with Gasteiger partial charge in [-0.05, 0) is 43.4 Å². The summed E-state index contributed by atoms with van der Waals surface area (Å²) in [4.78, 5) is 0. The van der Waals surface area contributed by atoms with E-state index in [1.54, 1.807) is 0 Å². The molecule has 0 aliphatic carbocycles. The lowest BCUT2D eigenvalue weighted by molar-refractivity contribution is 0.318. The number of rotatable bonds is 2. The third-order valence-corrected chi connectivity index (χ3v) is 4.11. The fraction of sp³-hybridized carbons (Fsp3) is 0.538. The quantitative estimate of drug-likeness (QED) is 0.847. The van der Waals surface area contributed by atoms with Crippen LogP contribution in [0.5, 0.6) is 0 Å². The summed E-state index contributed by atoms with van der Waals surface area (Å²) in [5, 5.41) is 4.91. The second-order valence-corrected chi connectivity index (χ2v) is 5.48. The van der Waals surface area contributed by atoms with Gasteiger partial charge in [0.1, 0.15) is 0 Å². The standard InChI is InChI=1S/C13H17Cl2N/c1-9-5-6-16-11(7-9)8-10-3-2-4-12(14)13(10)15/h2-4,9,11,16H,5-8H2,1H3. The van der Waals surface area contributed by atoms with Gasteiger partial charge >= 0.3 is 0 Å². The van der Waals surface area contributed by atoms with Gasteiger partial charge in [0.15, 0.2) is 0 Å². The molecule has 1 aromatic carbocycles. The molecule has 0 bridgehead atoms. The van der Waals surface area contributed by atoms with Crippen LogP contribution in [-0.2, 0) is 6.42 Å². The van der Waals surface area contributed by atoms with Crippen molar-refractivity contribution in [3.8, 4) is 0 Å². The Bertz CT molecular complexity index is 365. The molecular weight excluding hydrogens is 241 g/mol. The molecule has 0 radical (unpaired) electrons. The summed E-state index contributed by atoms with van der Waals surface area (Å²) in [5.74, 6) is 0.809. The minimum Gasteiger partial charge on any atom is -0.314 e. The Hall–Kier alpha value is -0.240. The molecule has 0 amide bonds. The van der Waals surface area contributed by atoms with Gasteiger partial charge in [0.2, 0.25) is 0 Å². The molecule has 2 rings (SSSR count). The van der Waals surface area contributed by atoms with Crippen LogP contribution in [0.4, 0.5) is 0 Å². The smallest absolute Gasteiger partial charge is 0.0624 e. The minimum atomic E-state index is 0.541. The summed E-state index contributed by atoms with van der Waals surface area (Å²) >= 11 is 12.2. The highest BCUT2D eigenvalue weighted by molar-refractivity contribution is 6.42. The fourth-order valence-electron chi connectivity index (χ4n) is 2.35. The van der Waals surface area contributed by atoms with E-state index in [0.29, 0.717) is 16.1 Å². The molecule has 1 aliphatic rings.